The number of nitrogens with zero attached hydrogens (tertiary/aromatic N) is 1. The van der Waals surface area contributed by atoms with Gasteiger partial charge in [0.25, 0.3) is 0 Å². The predicted molar refractivity (Wildman–Crippen MR) is 62.7 cm³/mol. The average molecular weight is 240 g/mol. The zero-order valence-electron chi connectivity index (χ0n) is 10.4. The number of urea groups is 1. The summed E-state index contributed by atoms with van der Waals surface area (Å²) >= 11 is 0. The minimum atomic E-state index is -0.981. The van der Waals surface area contributed by atoms with Crippen molar-refractivity contribution in [3.8, 4) is 0 Å². The van der Waals surface area contributed by atoms with Gasteiger partial charge in [0.15, 0.2) is 0 Å². The highest BCUT2D eigenvalue weighted by Crippen LogP contribution is 2.60. The maximum Gasteiger partial charge on any atom is 0.326 e. The Kier molecular flexibility index (Phi) is 3.02. The standard InChI is InChI=1S/C12H20N2O3/c1-8(10(15)16)14(2)11(17)13-7-12(5-6-12)9-3-4-9/h8-9H,3-7H2,1-2H3,(H,13,17)(H,15,16). The van der Waals surface area contributed by atoms with Gasteiger partial charge in [-0.1, -0.05) is 0 Å². The van der Waals surface area contributed by atoms with Gasteiger partial charge in [0.2, 0.25) is 0 Å². The number of hydrogen-bond donors (Lipinski definition) is 2. The van der Waals surface area contributed by atoms with Gasteiger partial charge in [-0.15, -0.1) is 0 Å². The van der Waals surface area contributed by atoms with Crippen LogP contribution in [0.15, 0.2) is 0 Å². The van der Waals surface area contributed by atoms with Crippen LogP contribution < -0.4 is 5.32 Å². The lowest BCUT2D eigenvalue weighted by atomic mass is 10.0. The van der Waals surface area contributed by atoms with Gasteiger partial charge in [-0.2, -0.15) is 0 Å². The molecular formula is C12H20N2O3. The zero-order chi connectivity index (χ0) is 12.6. The summed E-state index contributed by atoms with van der Waals surface area (Å²) in [5.74, 6) is -0.184. The van der Waals surface area contributed by atoms with Crippen molar-refractivity contribution in [3.63, 3.8) is 0 Å². The third kappa shape index (κ3) is 2.53. The molecule has 0 aromatic heterocycles. The van der Waals surface area contributed by atoms with Gasteiger partial charge < -0.3 is 15.3 Å². The average Bonchev–Trinajstić information content (AvgIpc) is 3.15. The van der Waals surface area contributed by atoms with Crippen molar-refractivity contribution < 1.29 is 14.7 Å². The molecule has 5 nitrogen and oxygen atoms in total. The minimum absolute atomic E-state index is 0.285. The number of hydrogen-bond acceptors (Lipinski definition) is 2. The van der Waals surface area contributed by atoms with Crippen molar-refractivity contribution in [3.05, 3.63) is 0 Å². The van der Waals surface area contributed by atoms with E-state index in [0.29, 0.717) is 12.0 Å². The van der Waals surface area contributed by atoms with E-state index < -0.39 is 12.0 Å². The van der Waals surface area contributed by atoms with Crippen molar-refractivity contribution in [2.45, 2.75) is 38.6 Å². The van der Waals surface area contributed by atoms with E-state index in [1.807, 2.05) is 0 Å². The first kappa shape index (κ1) is 12.2. The summed E-state index contributed by atoms with van der Waals surface area (Å²) in [4.78, 5) is 23.8. The lowest BCUT2D eigenvalue weighted by molar-refractivity contribution is -0.141. The maximum absolute atomic E-state index is 11.8. The fraction of sp³-hybridized carbons (Fsp3) is 0.833. The van der Waals surface area contributed by atoms with Crippen molar-refractivity contribution >= 4 is 12.0 Å². The quantitative estimate of drug-likeness (QED) is 0.760. The van der Waals surface area contributed by atoms with Crippen LogP contribution >= 0.6 is 0 Å². The summed E-state index contributed by atoms with van der Waals surface area (Å²) in [6, 6.07) is -1.07. The van der Waals surface area contributed by atoms with E-state index >= 15 is 0 Å². The summed E-state index contributed by atoms with van der Waals surface area (Å²) in [5.41, 5.74) is 0.350. The molecular weight excluding hydrogens is 220 g/mol. The first-order chi connectivity index (χ1) is 7.96. The second kappa shape index (κ2) is 4.20. The number of rotatable bonds is 5. The molecule has 2 amide bonds. The molecule has 2 rings (SSSR count). The van der Waals surface area contributed by atoms with Crippen molar-refractivity contribution in [2.75, 3.05) is 13.6 Å². The van der Waals surface area contributed by atoms with E-state index in [2.05, 4.69) is 5.32 Å². The predicted octanol–water partition coefficient (Wildman–Crippen LogP) is 1.29. The van der Waals surface area contributed by atoms with Crippen molar-refractivity contribution in [1.29, 1.82) is 0 Å². The molecule has 5 heteroatoms. The number of carboxylic acid groups (broad SMARTS) is 1. The van der Waals surface area contributed by atoms with Crippen LogP contribution in [0.4, 0.5) is 4.79 Å². The topological polar surface area (TPSA) is 69.6 Å². The Labute approximate surface area is 101 Å². The summed E-state index contributed by atoms with van der Waals surface area (Å²) in [7, 11) is 1.52. The monoisotopic (exact) mass is 240 g/mol. The summed E-state index contributed by atoms with van der Waals surface area (Å²) < 4.78 is 0. The molecule has 1 atom stereocenters. The number of nitrogens with one attached hydrogen (secondary N) is 1. The zero-order valence-corrected chi connectivity index (χ0v) is 10.4. The van der Waals surface area contributed by atoms with Gasteiger partial charge >= 0.3 is 12.0 Å². The summed E-state index contributed by atoms with van der Waals surface area (Å²) in [5, 5.41) is 11.7. The van der Waals surface area contributed by atoms with Gasteiger partial charge in [-0.25, -0.2) is 9.59 Å². The largest absolute Gasteiger partial charge is 0.480 e. The van der Waals surface area contributed by atoms with E-state index in [-0.39, 0.29) is 6.03 Å². The van der Waals surface area contributed by atoms with Gasteiger partial charge in [0.05, 0.1) is 0 Å². The van der Waals surface area contributed by atoms with Gasteiger partial charge in [-0.05, 0) is 43.9 Å². The number of amides is 2. The number of aliphatic carboxylic acids is 1. The second-order valence-corrected chi connectivity index (χ2v) is 5.42. The molecule has 96 valence electrons. The van der Waals surface area contributed by atoms with E-state index in [1.54, 1.807) is 0 Å². The Hall–Kier alpha value is -1.26. The van der Waals surface area contributed by atoms with E-state index in [4.69, 9.17) is 5.11 Å². The SMILES string of the molecule is CC(C(=O)O)N(C)C(=O)NCC1(C2CC2)CC1. The van der Waals surface area contributed by atoms with E-state index in [9.17, 15) is 9.59 Å². The van der Waals surface area contributed by atoms with Crippen LogP contribution in [0, 0.1) is 11.3 Å². The molecule has 0 aliphatic heterocycles. The van der Waals surface area contributed by atoms with Crippen LogP contribution in [0.3, 0.4) is 0 Å². The molecule has 17 heavy (non-hydrogen) atoms. The molecule has 2 aliphatic carbocycles. The van der Waals surface area contributed by atoms with Gasteiger partial charge in [-0.3, -0.25) is 0 Å². The van der Waals surface area contributed by atoms with E-state index in [0.717, 1.165) is 5.92 Å². The smallest absolute Gasteiger partial charge is 0.326 e. The molecule has 0 spiro atoms. The highest BCUT2D eigenvalue weighted by Gasteiger charge is 2.53. The molecule has 1 unspecified atom stereocenters. The molecule has 0 saturated heterocycles. The third-order valence-electron chi connectivity index (χ3n) is 4.19. The Bertz CT molecular complexity index is 335. The Morgan fingerprint density at radius 2 is 2.06 bits per heavy atom. The van der Waals surface area contributed by atoms with Crippen LogP contribution in [0.1, 0.15) is 32.6 Å². The van der Waals surface area contributed by atoms with Gasteiger partial charge in [0.1, 0.15) is 6.04 Å². The first-order valence-electron chi connectivity index (χ1n) is 6.20. The minimum Gasteiger partial charge on any atom is -0.480 e. The Morgan fingerprint density at radius 3 is 2.47 bits per heavy atom. The van der Waals surface area contributed by atoms with Crippen LogP contribution in [0.2, 0.25) is 0 Å². The lowest BCUT2D eigenvalue weighted by Crippen LogP contribution is -2.47. The molecule has 0 heterocycles. The highest BCUT2D eigenvalue weighted by molar-refractivity contribution is 5.82. The lowest BCUT2D eigenvalue weighted by Gasteiger charge is -2.23. The van der Waals surface area contributed by atoms with E-state index in [1.165, 1.54) is 44.6 Å². The number of carboxylic acids is 1. The van der Waals surface area contributed by atoms with Gasteiger partial charge in [0, 0.05) is 13.6 Å². The number of carbonyl (C=O) groups excluding carboxylic acids is 1. The molecule has 0 bridgehead atoms. The molecule has 2 saturated carbocycles. The third-order valence-corrected chi connectivity index (χ3v) is 4.19. The molecule has 2 N–H and O–H groups in total. The molecule has 0 radical (unpaired) electrons. The fourth-order valence-corrected chi connectivity index (χ4v) is 2.30. The molecule has 2 fully saturated rings. The molecule has 2 aliphatic rings. The molecule has 0 aromatic rings. The summed E-state index contributed by atoms with van der Waals surface area (Å²) in [6.45, 7) is 2.21. The van der Waals surface area contributed by atoms with Crippen LogP contribution in [-0.4, -0.2) is 41.6 Å². The normalized spacial score (nSPS) is 22.7. The Morgan fingerprint density at radius 1 is 1.47 bits per heavy atom. The Balaban J connectivity index is 1.79. The highest BCUT2D eigenvalue weighted by atomic mass is 16.4. The maximum atomic E-state index is 11.8. The van der Waals surface area contributed by atoms with Crippen molar-refractivity contribution in [2.24, 2.45) is 11.3 Å². The number of carbonyl (C=O) groups is 2. The number of likely N-dealkylation sites (N-methyl/N-ethyl adjacent to an activating group) is 1. The fourth-order valence-electron chi connectivity index (χ4n) is 2.30. The van der Waals surface area contributed by atoms with Crippen LogP contribution in [0.5, 0.6) is 0 Å². The van der Waals surface area contributed by atoms with Crippen LogP contribution in [0.25, 0.3) is 0 Å². The van der Waals surface area contributed by atoms with Crippen LogP contribution in [-0.2, 0) is 4.79 Å². The second-order valence-electron chi connectivity index (χ2n) is 5.42. The van der Waals surface area contributed by atoms with Crippen molar-refractivity contribution in [1.82, 2.24) is 10.2 Å². The summed E-state index contributed by atoms with van der Waals surface area (Å²) in [6.07, 6.45) is 4.99. The first-order valence-corrected chi connectivity index (χ1v) is 6.20. The molecule has 0 aromatic carbocycles.